The van der Waals surface area contributed by atoms with Crippen LogP contribution in [0, 0.1) is 5.92 Å². The van der Waals surface area contributed by atoms with Gasteiger partial charge in [-0.1, -0.05) is 11.6 Å². The summed E-state index contributed by atoms with van der Waals surface area (Å²) < 4.78 is 6.41. The van der Waals surface area contributed by atoms with Crippen LogP contribution in [-0.4, -0.2) is 24.7 Å². The lowest BCUT2D eigenvalue weighted by Crippen LogP contribution is -2.42. The number of carbonyl (C=O) groups excluding carboxylic acids is 1. The van der Waals surface area contributed by atoms with E-state index in [1.807, 2.05) is 13.8 Å². The molecule has 20 heavy (non-hydrogen) atoms. The van der Waals surface area contributed by atoms with E-state index in [1.54, 1.807) is 18.2 Å². The van der Waals surface area contributed by atoms with Crippen molar-refractivity contribution in [3.8, 4) is 0 Å². The van der Waals surface area contributed by atoms with Gasteiger partial charge in [0.15, 0.2) is 0 Å². The zero-order valence-electron chi connectivity index (χ0n) is 11.7. The van der Waals surface area contributed by atoms with Crippen LogP contribution in [0.4, 0.5) is 0 Å². The predicted octanol–water partition coefficient (Wildman–Crippen LogP) is 4.04. The van der Waals surface area contributed by atoms with Crippen molar-refractivity contribution in [2.24, 2.45) is 5.92 Å². The molecule has 0 spiro atoms. The summed E-state index contributed by atoms with van der Waals surface area (Å²) >= 11 is 9.24. The molecule has 1 aliphatic rings. The topological polar surface area (TPSA) is 38.3 Å². The smallest absolute Gasteiger partial charge is 0.339 e. The molecule has 1 aromatic carbocycles. The largest absolute Gasteiger partial charge is 0.456 e. The Bertz CT molecular complexity index is 499. The monoisotopic (exact) mass is 359 g/mol. The van der Waals surface area contributed by atoms with Crippen molar-refractivity contribution in [2.75, 3.05) is 13.1 Å². The first-order valence-corrected chi connectivity index (χ1v) is 7.96. The van der Waals surface area contributed by atoms with Gasteiger partial charge in [-0.05, 0) is 73.9 Å². The highest BCUT2D eigenvalue weighted by atomic mass is 79.9. The number of benzene rings is 1. The fourth-order valence-electron chi connectivity index (χ4n) is 2.55. The summed E-state index contributed by atoms with van der Waals surface area (Å²) in [5.41, 5.74) is 0.0505. The fraction of sp³-hybridized carbons (Fsp3) is 0.533. The van der Waals surface area contributed by atoms with Gasteiger partial charge >= 0.3 is 5.97 Å². The summed E-state index contributed by atoms with van der Waals surface area (Å²) in [6.07, 6.45) is 2.06. The van der Waals surface area contributed by atoms with Crippen LogP contribution in [0.15, 0.2) is 22.7 Å². The Balaban J connectivity index is 2.09. The number of ether oxygens (including phenoxy) is 1. The summed E-state index contributed by atoms with van der Waals surface area (Å²) in [7, 11) is 0. The lowest BCUT2D eigenvalue weighted by Gasteiger charge is -2.36. The highest BCUT2D eigenvalue weighted by Gasteiger charge is 2.34. The van der Waals surface area contributed by atoms with E-state index < -0.39 is 5.60 Å². The highest BCUT2D eigenvalue weighted by molar-refractivity contribution is 9.10. The minimum absolute atomic E-state index is 0.308. The molecule has 3 nitrogen and oxygen atoms in total. The van der Waals surface area contributed by atoms with E-state index in [9.17, 15) is 4.79 Å². The number of carbonyl (C=O) groups is 1. The second-order valence-corrected chi connectivity index (χ2v) is 6.93. The van der Waals surface area contributed by atoms with Gasteiger partial charge in [0.05, 0.1) is 5.56 Å². The van der Waals surface area contributed by atoms with Crippen LogP contribution in [0.1, 0.15) is 37.0 Å². The molecule has 1 aromatic rings. The second kappa shape index (κ2) is 6.46. The average Bonchev–Trinajstić information content (AvgIpc) is 2.39. The van der Waals surface area contributed by atoms with E-state index in [1.165, 1.54) is 0 Å². The maximum atomic E-state index is 12.3. The van der Waals surface area contributed by atoms with E-state index in [2.05, 4.69) is 21.2 Å². The number of hydrogen-bond acceptors (Lipinski definition) is 3. The molecule has 0 amide bonds. The maximum absolute atomic E-state index is 12.3. The van der Waals surface area contributed by atoms with E-state index in [0.717, 1.165) is 25.9 Å². The molecular weight excluding hydrogens is 342 g/mol. The van der Waals surface area contributed by atoms with E-state index in [0.29, 0.717) is 21.0 Å². The van der Waals surface area contributed by atoms with Crippen LogP contribution >= 0.6 is 27.5 Å². The number of halogens is 2. The standard InChI is InChI=1S/C15H19BrClNO2/c1-15(2,10-5-7-18-8-6-10)20-14(19)12-4-3-11(17)9-13(12)16/h3-4,9-10,18H,5-8H2,1-2H3. The SMILES string of the molecule is CC(C)(OC(=O)c1ccc(Cl)cc1Br)C1CCNCC1. The van der Waals surface area contributed by atoms with Crippen molar-refractivity contribution in [1.29, 1.82) is 0 Å². The van der Waals surface area contributed by atoms with Crippen molar-refractivity contribution < 1.29 is 9.53 Å². The van der Waals surface area contributed by atoms with Gasteiger partial charge in [-0.25, -0.2) is 4.79 Å². The molecule has 1 fully saturated rings. The molecule has 1 aliphatic heterocycles. The van der Waals surface area contributed by atoms with Crippen LogP contribution in [0.5, 0.6) is 0 Å². The third kappa shape index (κ3) is 3.74. The minimum Gasteiger partial charge on any atom is -0.456 e. The van der Waals surface area contributed by atoms with Crippen LogP contribution in [0.25, 0.3) is 0 Å². The Morgan fingerprint density at radius 2 is 2.05 bits per heavy atom. The summed E-state index contributed by atoms with van der Waals surface area (Å²) in [6.45, 7) is 5.95. The molecule has 0 aromatic heterocycles. The van der Waals surface area contributed by atoms with Crippen LogP contribution in [0.3, 0.4) is 0 Å². The normalized spacial score (nSPS) is 17.0. The quantitative estimate of drug-likeness (QED) is 0.827. The van der Waals surface area contributed by atoms with Gasteiger partial charge in [0.1, 0.15) is 5.60 Å². The van der Waals surface area contributed by atoms with Gasteiger partial charge in [-0.3, -0.25) is 0 Å². The zero-order valence-corrected chi connectivity index (χ0v) is 14.1. The average molecular weight is 361 g/mol. The molecule has 0 unspecified atom stereocenters. The van der Waals surface area contributed by atoms with Crippen LogP contribution in [0.2, 0.25) is 5.02 Å². The Labute approximate surface area is 133 Å². The van der Waals surface area contributed by atoms with Gasteiger partial charge in [0.2, 0.25) is 0 Å². The number of piperidine rings is 1. The first kappa shape index (κ1) is 15.8. The molecule has 1 saturated heterocycles. The lowest BCUT2D eigenvalue weighted by molar-refractivity contribution is -0.0368. The third-order valence-corrected chi connectivity index (χ3v) is 4.72. The molecule has 1 heterocycles. The van der Waals surface area contributed by atoms with Crippen molar-refractivity contribution in [1.82, 2.24) is 5.32 Å². The van der Waals surface area contributed by atoms with Gasteiger partial charge in [-0.15, -0.1) is 0 Å². The molecule has 5 heteroatoms. The maximum Gasteiger partial charge on any atom is 0.339 e. The van der Waals surface area contributed by atoms with Gasteiger partial charge < -0.3 is 10.1 Å². The second-order valence-electron chi connectivity index (χ2n) is 5.64. The van der Waals surface area contributed by atoms with E-state index in [4.69, 9.17) is 16.3 Å². The molecule has 0 saturated carbocycles. The molecule has 0 atom stereocenters. The Hall–Kier alpha value is -0.580. The number of nitrogens with one attached hydrogen (secondary N) is 1. The fourth-order valence-corrected chi connectivity index (χ4v) is 3.39. The summed E-state index contributed by atoms with van der Waals surface area (Å²) in [6, 6.07) is 5.09. The number of esters is 1. The molecule has 0 radical (unpaired) electrons. The first-order chi connectivity index (χ1) is 9.40. The van der Waals surface area contributed by atoms with Gasteiger partial charge in [0.25, 0.3) is 0 Å². The molecule has 2 rings (SSSR count). The first-order valence-electron chi connectivity index (χ1n) is 6.79. The number of rotatable bonds is 3. The molecule has 0 bridgehead atoms. The molecule has 0 aliphatic carbocycles. The van der Waals surface area contributed by atoms with Crippen molar-refractivity contribution in [3.63, 3.8) is 0 Å². The molecule has 1 N–H and O–H groups in total. The van der Waals surface area contributed by atoms with Crippen LogP contribution in [-0.2, 0) is 4.74 Å². The predicted molar refractivity (Wildman–Crippen MR) is 84.2 cm³/mol. The third-order valence-electron chi connectivity index (χ3n) is 3.83. The molecule has 110 valence electrons. The van der Waals surface area contributed by atoms with Crippen molar-refractivity contribution in [3.05, 3.63) is 33.3 Å². The van der Waals surface area contributed by atoms with E-state index >= 15 is 0 Å². The van der Waals surface area contributed by atoms with Crippen LogP contribution < -0.4 is 5.32 Å². The summed E-state index contributed by atoms with van der Waals surface area (Å²) in [5, 5.41) is 3.91. The Morgan fingerprint density at radius 1 is 1.40 bits per heavy atom. The Kier molecular flexibility index (Phi) is 5.10. The minimum atomic E-state index is -0.460. The number of hydrogen-bond donors (Lipinski definition) is 1. The summed E-state index contributed by atoms with van der Waals surface area (Å²) in [4.78, 5) is 12.3. The van der Waals surface area contributed by atoms with E-state index in [-0.39, 0.29) is 5.97 Å². The molecular formula is C15H19BrClNO2. The Morgan fingerprint density at radius 3 is 2.65 bits per heavy atom. The summed E-state index contributed by atoms with van der Waals surface area (Å²) in [5.74, 6) is 0.0795. The lowest BCUT2D eigenvalue weighted by atomic mass is 9.83. The van der Waals surface area contributed by atoms with Gasteiger partial charge in [0, 0.05) is 15.4 Å². The van der Waals surface area contributed by atoms with Crippen molar-refractivity contribution in [2.45, 2.75) is 32.3 Å². The highest BCUT2D eigenvalue weighted by Crippen LogP contribution is 2.31. The van der Waals surface area contributed by atoms with Crippen molar-refractivity contribution >= 4 is 33.5 Å². The van der Waals surface area contributed by atoms with Gasteiger partial charge in [-0.2, -0.15) is 0 Å². The zero-order chi connectivity index (χ0) is 14.8.